The number of hydrogen-bond acceptors (Lipinski definition) is 4. The third kappa shape index (κ3) is 5.21. The normalized spacial score (nSPS) is 11.4. The average molecular weight is 315 g/mol. The average Bonchev–Trinajstić information content (AvgIpc) is 2.59. The minimum absolute atomic E-state index is 0.183. The molecule has 0 aromatic heterocycles. The molecule has 0 heterocycles. The monoisotopic (exact) mass is 315 g/mol. The molecule has 5 nitrogen and oxygen atoms in total. The Kier molecular flexibility index (Phi) is 6.29. The van der Waals surface area contributed by atoms with Crippen LogP contribution >= 0.6 is 0 Å². The Balaban J connectivity index is 1.72. The summed E-state index contributed by atoms with van der Waals surface area (Å²) in [6.07, 6.45) is -0.566. The molecule has 1 amide bonds. The molecule has 0 unspecified atom stereocenters. The highest BCUT2D eigenvalue weighted by Gasteiger charge is 2.13. The van der Waals surface area contributed by atoms with Crippen LogP contribution in [0.3, 0.4) is 0 Å². The smallest absolute Gasteiger partial charge is 0.260 e. The van der Waals surface area contributed by atoms with Gasteiger partial charge in [-0.15, -0.1) is 0 Å². The molecule has 0 aliphatic rings. The number of para-hydroxylation sites is 3. The Morgan fingerprint density at radius 3 is 2.39 bits per heavy atom. The summed E-state index contributed by atoms with van der Waals surface area (Å²) in [6.45, 7) is 2.45. The van der Waals surface area contributed by atoms with Crippen LogP contribution in [0.15, 0.2) is 54.6 Å². The van der Waals surface area contributed by atoms with Crippen molar-refractivity contribution < 1.29 is 19.0 Å². The van der Waals surface area contributed by atoms with E-state index in [2.05, 4.69) is 5.32 Å². The summed E-state index contributed by atoms with van der Waals surface area (Å²) < 4.78 is 16.3. The van der Waals surface area contributed by atoms with Crippen molar-refractivity contribution in [3.05, 3.63) is 54.6 Å². The molecule has 2 aromatic rings. The second-order valence-electron chi connectivity index (χ2n) is 4.86. The molecular weight excluding hydrogens is 294 g/mol. The lowest BCUT2D eigenvalue weighted by atomic mass is 10.3. The second-order valence-corrected chi connectivity index (χ2v) is 4.86. The first kappa shape index (κ1) is 16.7. The molecule has 0 aliphatic heterocycles. The van der Waals surface area contributed by atoms with Crippen LogP contribution in [-0.4, -0.2) is 32.3 Å². The van der Waals surface area contributed by atoms with Crippen molar-refractivity contribution in [1.29, 1.82) is 0 Å². The van der Waals surface area contributed by atoms with Crippen molar-refractivity contribution in [1.82, 2.24) is 5.32 Å². The van der Waals surface area contributed by atoms with E-state index in [0.717, 1.165) is 0 Å². The van der Waals surface area contributed by atoms with Gasteiger partial charge in [0.05, 0.1) is 13.7 Å². The van der Waals surface area contributed by atoms with E-state index in [9.17, 15) is 4.79 Å². The summed E-state index contributed by atoms with van der Waals surface area (Å²) in [4.78, 5) is 12.0. The summed E-state index contributed by atoms with van der Waals surface area (Å²) in [5.74, 6) is 1.80. The number of carbonyl (C=O) groups is 1. The molecule has 0 radical (unpaired) electrons. The highest BCUT2D eigenvalue weighted by Crippen LogP contribution is 2.25. The Morgan fingerprint density at radius 1 is 1.04 bits per heavy atom. The number of ether oxygens (including phenoxy) is 3. The molecule has 0 saturated carbocycles. The zero-order valence-corrected chi connectivity index (χ0v) is 13.3. The van der Waals surface area contributed by atoms with E-state index in [4.69, 9.17) is 14.2 Å². The third-order valence-corrected chi connectivity index (χ3v) is 3.15. The van der Waals surface area contributed by atoms with Gasteiger partial charge in [-0.3, -0.25) is 4.79 Å². The van der Waals surface area contributed by atoms with E-state index < -0.39 is 6.10 Å². The van der Waals surface area contributed by atoms with Gasteiger partial charge in [0.2, 0.25) is 0 Å². The quantitative estimate of drug-likeness (QED) is 0.761. The highest BCUT2D eigenvalue weighted by atomic mass is 16.5. The van der Waals surface area contributed by atoms with Crippen molar-refractivity contribution in [2.24, 2.45) is 0 Å². The van der Waals surface area contributed by atoms with Crippen molar-refractivity contribution in [3.8, 4) is 17.2 Å². The summed E-state index contributed by atoms with van der Waals surface area (Å²) in [6, 6.07) is 16.6. The molecule has 1 atom stereocenters. The SMILES string of the molecule is COc1ccccc1OCCNC(=O)[C@H](C)Oc1ccccc1. The second kappa shape index (κ2) is 8.68. The lowest BCUT2D eigenvalue weighted by Crippen LogP contribution is -2.38. The summed E-state index contributed by atoms with van der Waals surface area (Å²) >= 11 is 0. The molecule has 2 aromatic carbocycles. The number of rotatable bonds is 8. The van der Waals surface area contributed by atoms with Crippen LogP contribution < -0.4 is 19.5 Å². The van der Waals surface area contributed by atoms with E-state index >= 15 is 0 Å². The van der Waals surface area contributed by atoms with Crippen molar-refractivity contribution in [3.63, 3.8) is 0 Å². The minimum Gasteiger partial charge on any atom is -0.493 e. The maximum atomic E-state index is 12.0. The van der Waals surface area contributed by atoms with Crippen molar-refractivity contribution in [2.45, 2.75) is 13.0 Å². The first-order chi connectivity index (χ1) is 11.2. The van der Waals surface area contributed by atoms with E-state index in [0.29, 0.717) is 30.4 Å². The lowest BCUT2D eigenvalue weighted by molar-refractivity contribution is -0.127. The van der Waals surface area contributed by atoms with Crippen molar-refractivity contribution in [2.75, 3.05) is 20.3 Å². The highest BCUT2D eigenvalue weighted by molar-refractivity contribution is 5.80. The number of carbonyl (C=O) groups excluding carboxylic acids is 1. The molecule has 2 rings (SSSR count). The number of nitrogens with one attached hydrogen (secondary N) is 1. The number of hydrogen-bond donors (Lipinski definition) is 1. The fourth-order valence-electron chi connectivity index (χ4n) is 1.97. The van der Waals surface area contributed by atoms with E-state index in [1.165, 1.54) is 0 Å². The predicted octanol–water partition coefficient (Wildman–Crippen LogP) is 2.66. The summed E-state index contributed by atoms with van der Waals surface area (Å²) in [5, 5.41) is 2.78. The fraction of sp³-hybridized carbons (Fsp3) is 0.278. The fourth-order valence-corrected chi connectivity index (χ4v) is 1.97. The topological polar surface area (TPSA) is 56.8 Å². The first-order valence-corrected chi connectivity index (χ1v) is 7.46. The van der Waals surface area contributed by atoms with Crippen LogP contribution in [0, 0.1) is 0 Å². The Morgan fingerprint density at radius 2 is 1.70 bits per heavy atom. The number of methoxy groups -OCH3 is 1. The van der Waals surface area contributed by atoms with Crippen LogP contribution in [0.25, 0.3) is 0 Å². The molecular formula is C18H21NO4. The Hall–Kier alpha value is -2.69. The third-order valence-electron chi connectivity index (χ3n) is 3.15. The molecule has 0 aliphatic carbocycles. The predicted molar refractivity (Wildman–Crippen MR) is 88.0 cm³/mol. The molecule has 0 bridgehead atoms. The molecule has 122 valence electrons. The molecule has 0 fully saturated rings. The van der Waals surface area contributed by atoms with E-state index in [1.807, 2.05) is 54.6 Å². The van der Waals surface area contributed by atoms with E-state index in [-0.39, 0.29) is 5.91 Å². The van der Waals surface area contributed by atoms with Crippen LogP contribution in [0.2, 0.25) is 0 Å². The lowest BCUT2D eigenvalue weighted by Gasteiger charge is -2.15. The van der Waals surface area contributed by atoms with Crippen LogP contribution in [0.4, 0.5) is 0 Å². The Bertz CT molecular complexity index is 615. The van der Waals surface area contributed by atoms with Gasteiger partial charge in [0, 0.05) is 0 Å². The zero-order chi connectivity index (χ0) is 16.5. The molecule has 0 saturated heterocycles. The van der Waals surface area contributed by atoms with Gasteiger partial charge in [0.15, 0.2) is 17.6 Å². The Labute approximate surface area is 136 Å². The molecule has 0 spiro atoms. The van der Waals surface area contributed by atoms with Gasteiger partial charge in [-0.05, 0) is 31.2 Å². The van der Waals surface area contributed by atoms with Gasteiger partial charge < -0.3 is 19.5 Å². The maximum Gasteiger partial charge on any atom is 0.260 e. The first-order valence-electron chi connectivity index (χ1n) is 7.46. The van der Waals surface area contributed by atoms with Gasteiger partial charge >= 0.3 is 0 Å². The zero-order valence-electron chi connectivity index (χ0n) is 13.3. The molecule has 1 N–H and O–H groups in total. The summed E-state index contributed by atoms with van der Waals surface area (Å²) in [7, 11) is 1.59. The van der Waals surface area contributed by atoms with E-state index in [1.54, 1.807) is 14.0 Å². The minimum atomic E-state index is -0.566. The van der Waals surface area contributed by atoms with Gasteiger partial charge in [-0.25, -0.2) is 0 Å². The number of benzene rings is 2. The van der Waals surface area contributed by atoms with Crippen LogP contribution in [-0.2, 0) is 4.79 Å². The van der Waals surface area contributed by atoms with Crippen LogP contribution in [0.1, 0.15) is 6.92 Å². The largest absolute Gasteiger partial charge is 0.493 e. The number of amides is 1. The van der Waals surface area contributed by atoms with Crippen molar-refractivity contribution >= 4 is 5.91 Å². The van der Waals surface area contributed by atoms with Gasteiger partial charge in [0.1, 0.15) is 12.4 Å². The van der Waals surface area contributed by atoms with Crippen LogP contribution in [0.5, 0.6) is 17.2 Å². The molecule has 5 heteroatoms. The standard InChI is InChI=1S/C18H21NO4/c1-14(23-15-8-4-3-5-9-15)18(20)19-12-13-22-17-11-7-6-10-16(17)21-2/h3-11,14H,12-13H2,1-2H3,(H,19,20)/t14-/m0/s1. The van der Waals surface area contributed by atoms with Gasteiger partial charge in [-0.2, -0.15) is 0 Å². The molecule has 23 heavy (non-hydrogen) atoms. The van der Waals surface area contributed by atoms with Gasteiger partial charge in [-0.1, -0.05) is 30.3 Å². The van der Waals surface area contributed by atoms with Gasteiger partial charge in [0.25, 0.3) is 5.91 Å². The maximum absolute atomic E-state index is 12.0. The summed E-state index contributed by atoms with van der Waals surface area (Å²) in [5.41, 5.74) is 0.